The number of anilines is 1. The molecule has 0 radical (unpaired) electrons. The largest absolute Gasteiger partial charge is 0.325 e. The number of halogens is 2. The van der Waals surface area contributed by atoms with Gasteiger partial charge in [-0.1, -0.05) is 66.4 Å². The molecule has 1 amide bonds. The minimum absolute atomic E-state index is 0.0682. The number of nitrogens with one attached hydrogen (secondary N) is 1. The van der Waals surface area contributed by atoms with Crippen LogP contribution in [0.3, 0.4) is 0 Å². The summed E-state index contributed by atoms with van der Waals surface area (Å²) < 4.78 is 26.2. The summed E-state index contributed by atoms with van der Waals surface area (Å²) >= 11 is 1.21. The Hall–Kier alpha value is -3.58. The Morgan fingerprint density at radius 3 is 2.16 bits per heavy atom. The van der Waals surface area contributed by atoms with Crippen LogP contribution in [0.4, 0.5) is 14.5 Å². The topological polar surface area (TPSA) is 54.9 Å². The van der Waals surface area contributed by atoms with E-state index in [1.54, 1.807) is 6.07 Å². The number of benzene rings is 3. The van der Waals surface area contributed by atoms with Crippen LogP contribution in [-0.2, 0) is 4.79 Å². The molecule has 0 aliphatic rings. The first kappa shape index (κ1) is 20.7. The number of aromatic nitrogens is 2. The summed E-state index contributed by atoms with van der Waals surface area (Å²) in [6, 6.07) is 25.0. The van der Waals surface area contributed by atoms with Crippen molar-refractivity contribution in [2.45, 2.75) is 5.03 Å². The van der Waals surface area contributed by atoms with Crippen LogP contribution in [0.25, 0.3) is 22.4 Å². The van der Waals surface area contributed by atoms with E-state index in [0.29, 0.717) is 5.03 Å². The summed E-state index contributed by atoms with van der Waals surface area (Å²) in [5.41, 5.74) is 4.14. The Bertz CT molecular complexity index is 1180. The zero-order valence-electron chi connectivity index (χ0n) is 16.3. The number of nitrogens with zero attached hydrogens (tertiary/aromatic N) is 2. The summed E-state index contributed by atoms with van der Waals surface area (Å²) in [5, 5.41) is 11.5. The van der Waals surface area contributed by atoms with Crippen LogP contribution in [0.15, 0.2) is 90.0 Å². The Balaban J connectivity index is 1.34. The van der Waals surface area contributed by atoms with Crippen molar-refractivity contribution in [3.05, 3.63) is 96.6 Å². The molecule has 0 saturated heterocycles. The van der Waals surface area contributed by atoms with Crippen molar-refractivity contribution >= 4 is 23.4 Å². The van der Waals surface area contributed by atoms with Gasteiger partial charge >= 0.3 is 0 Å². The first-order chi connectivity index (χ1) is 15.1. The van der Waals surface area contributed by atoms with Gasteiger partial charge in [0.05, 0.1) is 11.4 Å². The number of thioether (sulfide) groups is 1. The van der Waals surface area contributed by atoms with Gasteiger partial charge in [0.1, 0.15) is 5.03 Å². The molecule has 0 spiro atoms. The van der Waals surface area contributed by atoms with E-state index >= 15 is 0 Å². The summed E-state index contributed by atoms with van der Waals surface area (Å²) in [6.45, 7) is 0. The zero-order chi connectivity index (χ0) is 21.6. The van der Waals surface area contributed by atoms with Crippen molar-refractivity contribution in [2.75, 3.05) is 11.1 Å². The van der Waals surface area contributed by atoms with E-state index in [9.17, 15) is 13.6 Å². The molecule has 7 heteroatoms. The third-order valence-electron chi connectivity index (χ3n) is 4.48. The average Bonchev–Trinajstić information content (AvgIpc) is 2.81. The second-order valence-electron chi connectivity index (χ2n) is 6.67. The molecule has 0 unspecified atom stereocenters. The third-order valence-corrected chi connectivity index (χ3v) is 5.40. The van der Waals surface area contributed by atoms with Gasteiger partial charge in [0.2, 0.25) is 5.91 Å². The maximum Gasteiger partial charge on any atom is 0.234 e. The lowest BCUT2D eigenvalue weighted by Gasteiger charge is -2.06. The van der Waals surface area contributed by atoms with E-state index in [4.69, 9.17) is 0 Å². The number of carbonyl (C=O) groups is 1. The highest BCUT2D eigenvalue weighted by Crippen LogP contribution is 2.24. The Labute approximate surface area is 182 Å². The molecule has 1 N–H and O–H groups in total. The Morgan fingerprint density at radius 2 is 1.48 bits per heavy atom. The molecule has 31 heavy (non-hydrogen) atoms. The Kier molecular flexibility index (Phi) is 6.33. The number of hydrogen-bond acceptors (Lipinski definition) is 4. The normalized spacial score (nSPS) is 10.6. The van der Waals surface area contributed by atoms with Crippen molar-refractivity contribution < 1.29 is 13.6 Å². The van der Waals surface area contributed by atoms with Crippen molar-refractivity contribution in [3.63, 3.8) is 0 Å². The lowest BCUT2D eigenvalue weighted by atomic mass is 10.0. The molecule has 4 rings (SSSR count). The summed E-state index contributed by atoms with van der Waals surface area (Å²) in [6.07, 6.45) is 0. The van der Waals surface area contributed by atoms with Crippen molar-refractivity contribution in [3.8, 4) is 22.4 Å². The van der Waals surface area contributed by atoms with E-state index in [2.05, 4.69) is 27.6 Å². The molecule has 0 fully saturated rings. The second-order valence-corrected chi connectivity index (χ2v) is 7.66. The monoisotopic (exact) mass is 433 g/mol. The van der Waals surface area contributed by atoms with Gasteiger partial charge in [-0.2, -0.15) is 0 Å². The van der Waals surface area contributed by atoms with Crippen LogP contribution in [0.2, 0.25) is 0 Å². The van der Waals surface area contributed by atoms with E-state index in [0.717, 1.165) is 34.5 Å². The predicted molar refractivity (Wildman–Crippen MR) is 119 cm³/mol. The molecule has 1 heterocycles. The van der Waals surface area contributed by atoms with Gasteiger partial charge < -0.3 is 5.32 Å². The zero-order valence-corrected chi connectivity index (χ0v) is 17.1. The van der Waals surface area contributed by atoms with Gasteiger partial charge in [-0.25, -0.2) is 8.78 Å². The number of hydrogen-bond donors (Lipinski definition) is 1. The Morgan fingerprint density at radius 1 is 0.774 bits per heavy atom. The van der Waals surface area contributed by atoms with E-state index in [1.807, 2.05) is 48.5 Å². The highest BCUT2D eigenvalue weighted by Gasteiger charge is 2.08. The van der Waals surface area contributed by atoms with Crippen LogP contribution in [0.5, 0.6) is 0 Å². The molecule has 3 aromatic carbocycles. The molecular formula is C24H17F2N3OS. The van der Waals surface area contributed by atoms with Crippen molar-refractivity contribution in [1.82, 2.24) is 10.2 Å². The van der Waals surface area contributed by atoms with Crippen LogP contribution >= 0.6 is 11.8 Å². The smallest absolute Gasteiger partial charge is 0.234 e. The second kappa shape index (κ2) is 9.49. The third kappa shape index (κ3) is 5.32. The lowest BCUT2D eigenvalue weighted by Crippen LogP contribution is -2.14. The summed E-state index contributed by atoms with van der Waals surface area (Å²) in [7, 11) is 0. The molecule has 4 nitrogen and oxygen atoms in total. The molecule has 1 aromatic heterocycles. The van der Waals surface area contributed by atoms with Crippen LogP contribution in [0, 0.1) is 11.6 Å². The van der Waals surface area contributed by atoms with Gasteiger partial charge in [0, 0.05) is 17.3 Å². The summed E-state index contributed by atoms with van der Waals surface area (Å²) in [5.74, 6) is -2.25. The van der Waals surface area contributed by atoms with Crippen molar-refractivity contribution in [1.29, 1.82) is 0 Å². The van der Waals surface area contributed by atoms with Gasteiger partial charge in [0.15, 0.2) is 11.6 Å². The summed E-state index contributed by atoms with van der Waals surface area (Å²) in [4.78, 5) is 12.0. The average molecular weight is 433 g/mol. The molecule has 0 atom stereocenters. The fourth-order valence-corrected chi connectivity index (χ4v) is 3.54. The van der Waals surface area contributed by atoms with E-state index in [1.165, 1.54) is 17.8 Å². The molecule has 154 valence electrons. The number of carbonyl (C=O) groups excluding carboxylic acids is 1. The highest BCUT2D eigenvalue weighted by atomic mass is 32.2. The van der Waals surface area contributed by atoms with Gasteiger partial charge in [-0.3, -0.25) is 4.79 Å². The quantitative estimate of drug-likeness (QED) is 0.389. The molecular weight excluding hydrogens is 416 g/mol. The van der Waals surface area contributed by atoms with Crippen LogP contribution in [0.1, 0.15) is 0 Å². The number of rotatable bonds is 6. The van der Waals surface area contributed by atoms with Gasteiger partial charge in [0.25, 0.3) is 0 Å². The predicted octanol–water partition coefficient (Wildman–Crippen LogP) is 5.82. The molecule has 0 bridgehead atoms. The lowest BCUT2D eigenvalue weighted by molar-refractivity contribution is -0.113. The molecule has 0 aliphatic carbocycles. The van der Waals surface area contributed by atoms with Gasteiger partial charge in [-0.15, -0.1) is 10.2 Å². The van der Waals surface area contributed by atoms with Crippen LogP contribution < -0.4 is 5.32 Å². The standard InChI is InChI=1S/C24H17F2N3OS/c25-20-11-10-19(14-21(20)26)27-23(30)15-31-24-13-12-22(28-29-24)18-8-6-17(7-9-18)16-4-2-1-3-5-16/h1-14H,15H2,(H,27,30). The first-order valence-corrected chi connectivity index (χ1v) is 10.4. The minimum atomic E-state index is -1.01. The first-order valence-electron chi connectivity index (χ1n) is 9.46. The van der Waals surface area contributed by atoms with Crippen molar-refractivity contribution in [2.24, 2.45) is 0 Å². The molecule has 4 aromatic rings. The number of amides is 1. The maximum absolute atomic E-state index is 13.2. The SMILES string of the molecule is O=C(CSc1ccc(-c2ccc(-c3ccccc3)cc2)nn1)Nc1ccc(F)c(F)c1. The van der Waals surface area contributed by atoms with E-state index in [-0.39, 0.29) is 17.3 Å². The van der Waals surface area contributed by atoms with Crippen LogP contribution in [-0.4, -0.2) is 21.9 Å². The molecule has 0 aliphatic heterocycles. The maximum atomic E-state index is 13.2. The van der Waals surface area contributed by atoms with E-state index < -0.39 is 11.6 Å². The fraction of sp³-hybridized carbons (Fsp3) is 0.0417. The fourth-order valence-electron chi connectivity index (χ4n) is 2.93. The van der Waals surface area contributed by atoms with Gasteiger partial charge in [-0.05, 0) is 35.4 Å². The highest BCUT2D eigenvalue weighted by molar-refractivity contribution is 7.99. The minimum Gasteiger partial charge on any atom is -0.325 e. The molecule has 0 saturated carbocycles.